The SMILES string of the molecule is CCOC=O.O=[N+]([O-])c1cccc2c1ccn2Br. The summed E-state index contributed by atoms with van der Waals surface area (Å²) in [6.45, 7) is 2.66. The third kappa shape index (κ3) is 3.30. The van der Waals surface area contributed by atoms with Gasteiger partial charge in [-0.2, -0.15) is 0 Å². The van der Waals surface area contributed by atoms with E-state index in [0.29, 0.717) is 18.5 Å². The number of ether oxygens (including phenoxy) is 1. The minimum atomic E-state index is -0.380. The van der Waals surface area contributed by atoms with Crippen molar-refractivity contribution in [2.24, 2.45) is 0 Å². The monoisotopic (exact) mass is 314 g/mol. The molecule has 1 aromatic heterocycles. The first-order valence-corrected chi connectivity index (χ1v) is 5.78. The zero-order valence-corrected chi connectivity index (χ0v) is 11.2. The number of carbonyl (C=O) groups excluding carboxylic acids is 1. The summed E-state index contributed by atoms with van der Waals surface area (Å²) < 4.78 is 5.83. The number of hydrogen-bond donors (Lipinski definition) is 0. The number of carbonyl (C=O) groups is 1. The van der Waals surface area contributed by atoms with E-state index in [1.807, 2.05) is 6.07 Å². The Labute approximate surface area is 112 Å². The second-order valence-corrected chi connectivity index (χ2v) is 3.91. The molecule has 96 valence electrons. The van der Waals surface area contributed by atoms with Gasteiger partial charge in [-0.3, -0.25) is 18.5 Å². The van der Waals surface area contributed by atoms with E-state index >= 15 is 0 Å². The van der Waals surface area contributed by atoms with Gasteiger partial charge in [-0.25, -0.2) is 0 Å². The summed E-state index contributed by atoms with van der Waals surface area (Å²) in [6.07, 6.45) is 1.73. The molecule has 0 unspecified atom stereocenters. The Morgan fingerprint density at radius 1 is 1.50 bits per heavy atom. The molecule has 0 amide bonds. The highest BCUT2D eigenvalue weighted by Gasteiger charge is 2.12. The molecule has 0 aliphatic heterocycles. The molecule has 18 heavy (non-hydrogen) atoms. The summed E-state index contributed by atoms with van der Waals surface area (Å²) in [5, 5.41) is 11.2. The number of halogens is 1. The average Bonchev–Trinajstić information content (AvgIpc) is 2.73. The number of benzene rings is 1. The van der Waals surface area contributed by atoms with Crippen molar-refractivity contribution in [2.45, 2.75) is 6.92 Å². The number of aromatic nitrogens is 1. The lowest BCUT2D eigenvalue weighted by atomic mass is 10.2. The van der Waals surface area contributed by atoms with E-state index in [-0.39, 0.29) is 10.6 Å². The largest absolute Gasteiger partial charge is 0.468 e. The van der Waals surface area contributed by atoms with Crippen LogP contribution < -0.4 is 0 Å². The van der Waals surface area contributed by atoms with Crippen molar-refractivity contribution in [3.63, 3.8) is 0 Å². The Balaban J connectivity index is 0.000000280. The van der Waals surface area contributed by atoms with E-state index < -0.39 is 0 Å². The maximum atomic E-state index is 10.6. The molecule has 0 radical (unpaired) electrons. The van der Waals surface area contributed by atoms with E-state index in [1.54, 1.807) is 28.8 Å². The summed E-state index contributed by atoms with van der Waals surface area (Å²) in [7, 11) is 0. The number of rotatable bonds is 3. The van der Waals surface area contributed by atoms with E-state index in [4.69, 9.17) is 0 Å². The first-order chi connectivity index (χ1) is 8.61. The van der Waals surface area contributed by atoms with Gasteiger partial charge < -0.3 is 4.74 Å². The maximum Gasteiger partial charge on any atom is 0.293 e. The fourth-order valence-corrected chi connectivity index (χ4v) is 1.77. The van der Waals surface area contributed by atoms with Crippen molar-refractivity contribution in [3.05, 3.63) is 40.6 Å². The van der Waals surface area contributed by atoms with Gasteiger partial charge in [0.2, 0.25) is 0 Å². The Kier molecular flexibility index (Phi) is 5.31. The predicted molar refractivity (Wildman–Crippen MR) is 70.6 cm³/mol. The predicted octanol–water partition coefficient (Wildman–Crippen LogP) is 2.89. The average molecular weight is 315 g/mol. The summed E-state index contributed by atoms with van der Waals surface area (Å²) in [5.41, 5.74) is 0.935. The van der Waals surface area contributed by atoms with Gasteiger partial charge in [0.15, 0.2) is 0 Å². The van der Waals surface area contributed by atoms with Gasteiger partial charge in [-0.15, -0.1) is 0 Å². The molecule has 0 N–H and O–H groups in total. The Bertz CT molecular complexity index is 553. The highest BCUT2D eigenvalue weighted by Crippen LogP contribution is 2.26. The van der Waals surface area contributed by atoms with Crippen molar-refractivity contribution in [2.75, 3.05) is 6.61 Å². The van der Waals surface area contributed by atoms with Gasteiger partial charge in [0, 0.05) is 12.3 Å². The summed E-state index contributed by atoms with van der Waals surface area (Å²) in [6, 6.07) is 6.69. The zero-order valence-electron chi connectivity index (χ0n) is 9.58. The van der Waals surface area contributed by atoms with Crippen LogP contribution in [0.1, 0.15) is 6.92 Å². The van der Waals surface area contributed by atoms with Crippen LogP contribution in [0.25, 0.3) is 10.9 Å². The zero-order chi connectivity index (χ0) is 13.5. The smallest absolute Gasteiger partial charge is 0.293 e. The van der Waals surface area contributed by atoms with E-state index in [2.05, 4.69) is 20.9 Å². The molecule has 2 aromatic rings. The summed E-state index contributed by atoms with van der Waals surface area (Å²) >= 11 is 3.24. The quantitative estimate of drug-likeness (QED) is 0.496. The maximum absolute atomic E-state index is 10.6. The number of nitro benzene ring substituents is 1. The molecule has 1 aromatic carbocycles. The van der Waals surface area contributed by atoms with Crippen LogP contribution in [0.5, 0.6) is 0 Å². The molecule has 0 saturated carbocycles. The van der Waals surface area contributed by atoms with Gasteiger partial charge in [0.05, 0.1) is 38.6 Å². The van der Waals surface area contributed by atoms with E-state index in [1.165, 1.54) is 6.07 Å². The first kappa shape index (κ1) is 14.2. The minimum Gasteiger partial charge on any atom is -0.468 e. The third-order valence-corrected chi connectivity index (χ3v) is 2.71. The van der Waals surface area contributed by atoms with Crippen molar-refractivity contribution in [1.29, 1.82) is 0 Å². The molecule has 0 aliphatic carbocycles. The fourth-order valence-electron chi connectivity index (χ4n) is 1.35. The number of non-ortho nitro benzene ring substituents is 1. The summed E-state index contributed by atoms with van der Waals surface area (Å²) in [4.78, 5) is 19.4. The van der Waals surface area contributed by atoms with Crippen molar-refractivity contribution in [3.8, 4) is 0 Å². The summed E-state index contributed by atoms with van der Waals surface area (Å²) in [5.74, 6) is 0. The lowest BCUT2D eigenvalue weighted by molar-refractivity contribution is -0.383. The van der Waals surface area contributed by atoms with E-state index in [9.17, 15) is 14.9 Å². The molecular formula is C11H11BrN2O4. The Morgan fingerprint density at radius 2 is 2.22 bits per heavy atom. The topological polar surface area (TPSA) is 74.4 Å². The number of fused-ring (bicyclic) bond motifs is 1. The standard InChI is InChI=1S/C8H5BrN2O2.C3H6O2/c9-10-5-4-6-7(10)2-1-3-8(6)11(12)13;1-2-5-3-4/h1-5H;3H,2H2,1H3. The van der Waals surface area contributed by atoms with Crippen LogP contribution in [0, 0.1) is 10.1 Å². The molecule has 1 heterocycles. The second kappa shape index (κ2) is 6.75. The van der Waals surface area contributed by atoms with Gasteiger partial charge in [-0.1, -0.05) is 6.07 Å². The van der Waals surface area contributed by atoms with Crippen LogP contribution in [0.4, 0.5) is 5.69 Å². The van der Waals surface area contributed by atoms with Gasteiger partial charge >= 0.3 is 0 Å². The van der Waals surface area contributed by atoms with Crippen LogP contribution in [0.3, 0.4) is 0 Å². The number of nitrogens with zero attached hydrogens (tertiary/aromatic N) is 2. The van der Waals surface area contributed by atoms with Gasteiger partial charge in [0.1, 0.15) is 0 Å². The lowest BCUT2D eigenvalue weighted by Gasteiger charge is -1.94. The van der Waals surface area contributed by atoms with Crippen LogP contribution >= 0.6 is 16.1 Å². The van der Waals surface area contributed by atoms with Gasteiger partial charge in [0.25, 0.3) is 12.2 Å². The third-order valence-electron chi connectivity index (χ3n) is 2.09. The molecule has 0 atom stereocenters. The lowest BCUT2D eigenvalue weighted by Crippen LogP contribution is -1.87. The molecule has 0 fully saturated rings. The molecule has 0 bridgehead atoms. The van der Waals surface area contributed by atoms with Crippen molar-refractivity contribution >= 4 is 39.2 Å². The Morgan fingerprint density at radius 3 is 2.72 bits per heavy atom. The number of nitro groups is 1. The van der Waals surface area contributed by atoms with Gasteiger partial charge in [-0.05, 0) is 19.1 Å². The molecule has 0 saturated heterocycles. The van der Waals surface area contributed by atoms with Crippen molar-refractivity contribution in [1.82, 2.24) is 3.59 Å². The number of hydrogen-bond acceptors (Lipinski definition) is 4. The van der Waals surface area contributed by atoms with Crippen LogP contribution in [-0.4, -0.2) is 21.6 Å². The normalized spacial score (nSPS) is 9.44. The molecule has 6 nitrogen and oxygen atoms in total. The van der Waals surface area contributed by atoms with Crippen molar-refractivity contribution < 1.29 is 14.5 Å². The van der Waals surface area contributed by atoms with Crippen LogP contribution in [0.2, 0.25) is 0 Å². The minimum absolute atomic E-state index is 0.135. The molecular weight excluding hydrogens is 304 g/mol. The van der Waals surface area contributed by atoms with Crippen LogP contribution in [-0.2, 0) is 9.53 Å². The fraction of sp³-hybridized carbons (Fsp3) is 0.182. The molecule has 0 aliphatic rings. The highest BCUT2D eigenvalue weighted by atomic mass is 79.9. The highest BCUT2D eigenvalue weighted by molar-refractivity contribution is 9.08. The molecule has 0 spiro atoms. The second-order valence-electron chi connectivity index (χ2n) is 3.15. The van der Waals surface area contributed by atoms with Crippen LogP contribution in [0.15, 0.2) is 30.5 Å². The molecule has 7 heteroatoms. The van der Waals surface area contributed by atoms with E-state index in [0.717, 1.165) is 5.52 Å². The molecule has 2 rings (SSSR count). The Hall–Kier alpha value is -1.89. The first-order valence-electron chi connectivity index (χ1n) is 5.07.